The third kappa shape index (κ3) is 9.06. The van der Waals surface area contributed by atoms with E-state index in [0.29, 0.717) is 12.2 Å². The number of carbonyl (C=O) groups excluding carboxylic acids is 1. The normalized spacial score (nSPS) is 21.8. The lowest BCUT2D eigenvalue weighted by molar-refractivity contribution is -0.137. The summed E-state index contributed by atoms with van der Waals surface area (Å²) in [4.78, 5) is 11.5. The number of aliphatic hydroxyl groups excluding tert-OH is 3. The second-order valence-corrected chi connectivity index (χ2v) is 8.44. The van der Waals surface area contributed by atoms with Crippen LogP contribution in [0.3, 0.4) is 0 Å². The van der Waals surface area contributed by atoms with Crippen LogP contribution in [0.4, 0.5) is 0 Å². The highest BCUT2D eigenvalue weighted by Gasteiger charge is 2.36. The van der Waals surface area contributed by atoms with Gasteiger partial charge in [0.25, 0.3) is 0 Å². The number of hydrogen-bond donors (Lipinski definition) is 3. The number of carbonyl (C=O) groups is 1. The molecule has 0 fully saturated rings. The molecule has 5 heteroatoms. The Kier molecular flexibility index (Phi) is 12.7. The summed E-state index contributed by atoms with van der Waals surface area (Å²) in [5, 5.41) is 30.0. The molecule has 5 nitrogen and oxygen atoms in total. The molecule has 0 aromatic heterocycles. The lowest BCUT2D eigenvalue weighted by atomic mass is 9.83. The summed E-state index contributed by atoms with van der Waals surface area (Å²) in [5.41, 5.74) is 1.07. The first-order valence-electron chi connectivity index (χ1n) is 11.3. The fourth-order valence-electron chi connectivity index (χ4n) is 4.21. The van der Waals surface area contributed by atoms with E-state index in [9.17, 15) is 15.0 Å². The van der Waals surface area contributed by atoms with Crippen LogP contribution < -0.4 is 0 Å². The summed E-state index contributed by atoms with van der Waals surface area (Å²) in [6.07, 6.45) is 10.2. The van der Waals surface area contributed by atoms with E-state index in [0.717, 1.165) is 76.2 Å². The van der Waals surface area contributed by atoms with Crippen LogP contribution in [0.25, 0.3) is 0 Å². The van der Waals surface area contributed by atoms with E-state index >= 15 is 0 Å². The maximum atomic E-state index is 11.5. The van der Waals surface area contributed by atoms with Crippen molar-refractivity contribution in [2.75, 3.05) is 6.61 Å². The average molecular weight is 399 g/mol. The quantitative estimate of drug-likeness (QED) is 0.280. The topological polar surface area (TPSA) is 87.0 Å². The Morgan fingerprint density at radius 2 is 1.82 bits per heavy atom. The molecule has 1 rings (SSSR count). The first kappa shape index (κ1) is 25.1. The van der Waals surface area contributed by atoms with Gasteiger partial charge in [-0.05, 0) is 43.6 Å². The van der Waals surface area contributed by atoms with E-state index in [1.54, 1.807) is 0 Å². The standard InChI is InChI=1S/C23H42O5/c1-4-5-9-13-21(26)17(2)15-20-19(12-10-7-6-8-11-14-24)23(16-22(20)27)28-18(3)25/h17,20-22,24,26-27H,4-16H2,1-3H3/t17?,20-,21-,22+/m1/s1. The molecule has 0 bridgehead atoms. The largest absolute Gasteiger partial charge is 0.431 e. The number of rotatable bonds is 15. The van der Waals surface area contributed by atoms with Crippen molar-refractivity contribution in [1.29, 1.82) is 0 Å². The Morgan fingerprint density at radius 3 is 2.46 bits per heavy atom. The van der Waals surface area contributed by atoms with Crippen LogP contribution in [0, 0.1) is 11.8 Å². The number of hydrogen-bond acceptors (Lipinski definition) is 5. The first-order valence-corrected chi connectivity index (χ1v) is 11.3. The van der Waals surface area contributed by atoms with Gasteiger partial charge in [0, 0.05) is 25.9 Å². The molecule has 164 valence electrons. The van der Waals surface area contributed by atoms with Gasteiger partial charge in [0.1, 0.15) is 5.76 Å². The van der Waals surface area contributed by atoms with Crippen LogP contribution in [0.15, 0.2) is 11.3 Å². The molecule has 0 heterocycles. The highest BCUT2D eigenvalue weighted by molar-refractivity contribution is 5.67. The summed E-state index contributed by atoms with van der Waals surface area (Å²) < 4.78 is 5.43. The summed E-state index contributed by atoms with van der Waals surface area (Å²) in [6.45, 7) is 5.86. The average Bonchev–Trinajstić information content (AvgIpc) is 2.92. The zero-order chi connectivity index (χ0) is 20.9. The molecule has 3 N–H and O–H groups in total. The molecular weight excluding hydrogens is 356 g/mol. The third-order valence-electron chi connectivity index (χ3n) is 5.92. The van der Waals surface area contributed by atoms with Crippen molar-refractivity contribution in [3.8, 4) is 0 Å². The van der Waals surface area contributed by atoms with Crippen LogP contribution in [-0.4, -0.2) is 40.1 Å². The third-order valence-corrected chi connectivity index (χ3v) is 5.92. The zero-order valence-corrected chi connectivity index (χ0v) is 18.2. The molecule has 1 unspecified atom stereocenters. The molecule has 0 saturated heterocycles. The van der Waals surface area contributed by atoms with Crippen LogP contribution >= 0.6 is 0 Å². The van der Waals surface area contributed by atoms with E-state index in [-0.39, 0.29) is 30.5 Å². The van der Waals surface area contributed by atoms with E-state index in [4.69, 9.17) is 9.84 Å². The minimum absolute atomic E-state index is 0.0392. The van der Waals surface area contributed by atoms with Crippen LogP contribution in [0.2, 0.25) is 0 Å². The van der Waals surface area contributed by atoms with Crippen molar-refractivity contribution in [3.05, 3.63) is 11.3 Å². The van der Waals surface area contributed by atoms with Gasteiger partial charge >= 0.3 is 5.97 Å². The van der Waals surface area contributed by atoms with Crippen molar-refractivity contribution >= 4 is 5.97 Å². The minimum Gasteiger partial charge on any atom is -0.431 e. The van der Waals surface area contributed by atoms with E-state index in [1.807, 2.05) is 0 Å². The van der Waals surface area contributed by atoms with Crippen LogP contribution in [0.5, 0.6) is 0 Å². The van der Waals surface area contributed by atoms with Crippen LogP contribution in [-0.2, 0) is 9.53 Å². The molecule has 4 atom stereocenters. The van der Waals surface area contributed by atoms with Crippen molar-refractivity contribution in [2.45, 2.75) is 110 Å². The SMILES string of the molecule is CCCCC[C@@H](O)C(C)C[C@@H]1C(CCCCCCCO)=C(OC(C)=O)C[C@@H]1O. The van der Waals surface area contributed by atoms with E-state index < -0.39 is 6.10 Å². The fourth-order valence-corrected chi connectivity index (χ4v) is 4.21. The predicted molar refractivity (Wildman–Crippen MR) is 112 cm³/mol. The molecule has 0 amide bonds. The maximum Gasteiger partial charge on any atom is 0.307 e. The summed E-state index contributed by atoms with van der Waals surface area (Å²) in [7, 11) is 0. The van der Waals surface area contributed by atoms with Gasteiger partial charge in [-0.25, -0.2) is 0 Å². The number of aliphatic hydroxyl groups is 3. The second kappa shape index (κ2) is 14.1. The Labute approximate surface area is 171 Å². The Morgan fingerprint density at radius 1 is 1.14 bits per heavy atom. The van der Waals surface area contributed by atoms with Crippen LogP contribution in [0.1, 0.15) is 97.8 Å². The molecular formula is C23H42O5. The molecule has 28 heavy (non-hydrogen) atoms. The molecule has 0 radical (unpaired) electrons. The summed E-state index contributed by atoms with van der Waals surface area (Å²) in [5.74, 6) is 0.374. The molecule has 0 aromatic rings. The van der Waals surface area contributed by atoms with Crippen molar-refractivity contribution in [1.82, 2.24) is 0 Å². The molecule has 0 spiro atoms. The molecule has 1 aliphatic rings. The van der Waals surface area contributed by atoms with E-state index in [1.165, 1.54) is 6.92 Å². The predicted octanol–water partition coefficient (Wildman–Crippen LogP) is 4.48. The first-order chi connectivity index (χ1) is 13.4. The smallest absolute Gasteiger partial charge is 0.307 e. The van der Waals surface area contributed by atoms with Gasteiger partial charge < -0.3 is 20.1 Å². The Bertz CT molecular complexity index is 474. The zero-order valence-electron chi connectivity index (χ0n) is 18.2. The lowest BCUT2D eigenvalue weighted by Crippen LogP contribution is -2.25. The Hall–Kier alpha value is -0.910. The lowest BCUT2D eigenvalue weighted by Gasteiger charge is -2.26. The van der Waals surface area contributed by atoms with Crippen molar-refractivity contribution < 1.29 is 24.9 Å². The van der Waals surface area contributed by atoms with Crippen molar-refractivity contribution in [3.63, 3.8) is 0 Å². The number of esters is 1. The number of ether oxygens (including phenoxy) is 1. The summed E-state index contributed by atoms with van der Waals surface area (Å²) >= 11 is 0. The van der Waals surface area contributed by atoms with Gasteiger partial charge in [0.15, 0.2) is 0 Å². The summed E-state index contributed by atoms with van der Waals surface area (Å²) in [6, 6.07) is 0. The second-order valence-electron chi connectivity index (χ2n) is 8.44. The molecule has 0 aliphatic heterocycles. The highest BCUT2D eigenvalue weighted by atomic mass is 16.5. The highest BCUT2D eigenvalue weighted by Crippen LogP contribution is 2.40. The number of unbranched alkanes of at least 4 members (excludes halogenated alkanes) is 6. The van der Waals surface area contributed by atoms with Crippen molar-refractivity contribution in [2.24, 2.45) is 11.8 Å². The Balaban J connectivity index is 2.68. The molecule has 0 saturated carbocycles. The van der Waals surface area contributed by atoms with Gasteiger partial charge in [-0.15, -0.1) is 0 Å². The van der Waals surface area contributed by atoms with Gasteiger partial charge in [-0.3, -0.25) is 4.79 Å². The molecule has 1 aliphatic carbocycles. The van der Waals surface area contributed by atoms with Gasteiger partial charge in [0.2, 0.25) is 0 Å². The van der Waals surface area contributed by atoms with Gasteiger partial charge in [0.05, 0.1) is 12.2 Å². The monoisotopic (exact) mass is 398 g/mol. The van der Waals surface area contributed by atoms with E-state index in [2.05, 4.69) is 13.8 Å². The minimum atomic E-state index is -0.538. The van der Waals surface area contributed by atoms with Gasteiger partial charge in [-0.1, -0.05) is 52.4 Å². The fraction of sp³-hybridized carbons (Fsp3) is 0.870. The van der Waals surface area contributed by atoms with Gasteiger partial charge in [-0.2, -0.15) is 0 Å². The molecule has 0 aromatic carbocycles. The maximum absolute atomic E-state index is 11.5.